The van der Waals surface area contributed by atoms with E-state index in [9.17, 15) is 4.79 Å². The summed E-state index contributed by atoms with van der Waals surface area (Å²) in [6.07, 6.45) is 4.25. The minimum absolute atomic E-state index is 0.142. The lowest BCUT2D eigenvalue weighted by Gasteiger charge is -2.01. The molecule has 0 aliphatic carbocycles. The Bertz CT molecular complexity index is 352. The van der Waals surface area contributed by atoms with Crippen molar-refractivity contribution in [3.63, 3.8) is 0 Å². The second kappa shape index (κ2) is 4.33. The molecule has 14 heavy (non-hydrogen) atoms. The van der Waals surface area contributed by atoms with E-state index in [0.717, 1.165) is 0 Å². The van der Waals surface area contributed by atoms with Crippen LogP contribution in [0.3, 0.4) is 0 Å². The fraction of sp³-hybridized carbons (Fsp3) is 0.182. The number of carboxylic acids is 1. The van der Waals surface area contributed by atoms with Crippen LogP contribution in [0.4, 0.5) is 0 Å². The predicted molar refractivity (Wildman–Crippen MR) is 60.6 cm³/mol. The van der Waals surface area contributed by atoms with Gasteiger partial charge in [-0.3, -0.25) is 0 Å². The zero-order valence-corrected chi connectivity index (χ0v) is 9.10. The fourth-order valence-electron chi connectivity index (χ4n) is 1.05. The van der Waals surface area contributed by atoms with Crippen LogP contribution < -0.4 is 0 Å². The van der Waals surface area contributed by atoms with Gasteiger partial charge in [-0.1, -0.05) is 6.58 Å². The van der Waals surface area contributed by atoms with E-state index in [1.165, 1.54) is 4.90 Å². The van der Waals surface area contributed by atoms with Crippen LogP contribution in [0, 0.1) is 0 Å². The van der Waals surface area contributed by atoms with Gasteiger partial charge in [-0.05, 0) is 29.8 Å². The Kier molecular flexibility index (Phi) is 3.36. The van der Waals surface area contributed by atoms with Crippen LogP contribution in [0.5, 0.6) is 0 Å². The summed E-state index contributed by atoms with van der Waals surface area (Å²) in [7, 11) is 0.212. The highest BCUT2D eigenvalue weighted by Crippen LogP contribution is 2.16. The lowest BCUT2D eigenvalue weighted by Crippen LogP contribution is -1.99. The fourth-order valence-corrected chi connectivity index (χ4v) is 1.73. The molecule has 0 radical (unpaired) electrons. The Balaban J connectivity index is 2.94. The van der Waals surface area contributed by atoms with Crippen molar-refractivity contribution in [3.8, 4) is 0 Å². The van der Waals surface area contributed by atoms with Gasteiger partial charge in [0, 0.05) is 10.9 Å². The minimum Gasteiger partial charge on any atom is -0.478 e. The largest absolute Gasteiger partial charge is 0.478 e. The third kappa shape index (κ3) is 2.39. The predicted octanol–water partition coefficient (Wildman–Crippen LogP) is 2.02. The van der Waals surface area contributed by atoms with Crippen LogP contribution in [0.1, 0.15) is 5.56 Å². The van der Waals surface area contributed by atoms with E-state index in [4.69, 9.17) is 5.11 Å². The Morgan fingerprint density at radius 2 is 1.79 bits per heavy atom. The molecule has 2 nitrogen and oxygen atoms in total. The van der Waals surface area contributed by atoms with Gasteiger partial charge >= 0.3 is 5.97 Å². The molecule has 0 fully saturated rings. The monoisotopic (exact) mass is 209 g/mol. The molecular weight excluding hydrogens is 196 g/mol. The molecule has 74 valence electrons. The zero-order valence-electron chi connectivity index (χ0n) is 8.28. The number of carbonyl (C=O) groups is 1. The number of aliphatic carboxylic acids is 1. The van der Waals surface area contributed by atoms with Crippen molar-refractivity contribution >= 4 is 22.4 Å². The smallest absolute Gasteiger partial charge is 0.335 e. The lowest BCUT2D eigenvalue weighted by molar-refractivity contribution is -0.130. The summed E-state index contributed by atoms with van der Waals surface area (Å²) in [5.74, 6) is -0.968. The van der Waals surface area contributed by atoms with Crippen LogP contribution >= 0.6 is 0 Å². The summed E-state index contributed by atoms with van der Waals surface area (Å²) >= 11 is 0. The van der Waals surface area contributed by atoms with Gasteiger partial charge < -0.3 is 5.11 Å². The van der Waals surface area contributed by atoms with Crippen molar-refractivity contribution in [1.82, 2.24) is 0 Å². The van der Waals surface area contributed by atoms with Crippen LogP contribution in [-0.4, -0.2) is 23.6 Å². The normalized spacial score (nSPS) is 10.2. The number of rotatable bonds is 3. The molecule has 0 aromatic heterocycles. The Labute approximate surface area is 86.6 Å². The van der Waals surface area contributed by atoms with Crippen molar-refractivity contribution in [2.75, 3.05) is 12.5 Å². The van der Waals surface area contributed by atoms with Crippen LogP contribution in [-0.2, 0) is 15.7 Å². The average Bonchev–Trinajstić information content (AvgIpc) is 2.16. The SMILES string of the molecule is C=C(C(=O)O)c1ccc([S+](C)C)cc1. The highest BCUT2D eigenvalue weighted by atomic mass is 32.2. The quantitative estimate of drug-likeness (QED) is 0.611. The molecule has 0 bridgehead atoms. The summed E-state index contributed by atoms with van der Waals surface area (Å²) in [5.41, 5.74) is 0.815. The second-order valence-corrected chi connectivity index (χ2v) is 5.23. The average molecular weight is 209 g/mol. The third-order valence-corrected chi connectivity index (χ3v) is 3.15. The van der Waals surface area contributed by atoms with Gasteiger partial charge in [0.1, 0.15) is 12.5 Å². The summed E-state index contributed by atoms with van der Waals surface area (Å²) in [4.78, 5) is 11.8. The first-order valence-corrected chi connectivity index (χ1v) is 6.16. The van der Waals surface area contributed by atoms with E-state index < -0.39 is 5.97 Å². The van der Waals surface area contributed by atoms with Gasteiger partial charge in [0.2, 0.25) is 0 Å². The maximum absolute atomic E-state index is 10.6. The van der Waals surface area contributed by atoms with E-state index >= 15 is 0 Å². The molecule has 0 unspecified atom stereocenters. The molecular formula is C11H13O2S+. The Morgan fingerprint density at radius 1 is 1.29 bits per heavy atom. The first-order chi connectivity index (χ1) is 6.52. The van der Waals surface area contributed by atoms with Crippen LogP contribution in [0.2, 0.25) is 0 Å². The van der Waals surface area contributed by atoms with Gasteiger partial charge in [-0.2, -0.15) is 0 Å². The molecule has 0 heterocycles. The molecule has 1 aromatic carbocycles. The first kappa shape index (κ1) is 10.9. The van der Waals surface area contributed by atoms with E-state index in [1.54, 1.807) is 12.1 Å². The summed E-state index contributed by atoms with van der Waals surface area (Å²) in [6, 6.07) is 7.51. The number of benzene rings is 1. The first-order valence-electron chi connectivity index (χ1n) is 4.12. The van der Waals surface area contributed by atoms with E-state index in [0.29, 0.717) is 5.56 Å². The number of hydrogen-bond donors (Lipinski definition) is 1. The topological polar surface area (TPSA) is 37.3 Å². The molecule has 0 aliphatic heterocycles. The van der Waals surface area contributed by atoms with Gasteiger partial charge in [-0.25, -0.2) is 4.79 Å². The van der Waals surface area contributed by atoms with Crippen LogP contribution in [0.25, 0.3) is 5.57 Å². The molecule has 0 amide bonds. The molecule has 1 aromatic rings. The molecule has 1 rings (SSSR count). The standard InChI is InChI=1S/C11H12O2S/c1-8(11(12)13)9-4-6-10(7-5-9)14(2)3/h4-7H,1H2,2-3H3/p+1. The highest BCUT2D eigenvalue weighted by molar-refractivity contribution is 7.95. The second-order valence-electron chi connectivity index (χ2n) is 3.12. The van der Waals surface area contributed by atoms with E-state index in [-0.39, 0.29) is 16.5 Å². The number of hydrogen-bond acceptors (Lipinski definition) is 1. The highest BCUT2D eigenvalue weighted by Gasteiger charge is 2.10. The molecule has 0 spiro atoms. The maximum Gasteiger partial charge on any atom is 0.335 e. The minimum atomic E-state index is -0.968. The summed E-state index contributed by atoms with van der Waals surface area (Å²) in [6.45, 7) is 3.50. The molecule has 0 saturated carbocycles. The lowest BCUT2D eigenvalue weighted by atomic mass is 10.1. The van der Waals surface area contributed by atoms with Crippen LogP contribution in [0.15, 0.2) is 35.7 Å². The van der Waals surface area contributed by atoms with E-state index in [2.05, 4.69) is 19.1 Å². The van der Waals surface area contributed by atoms with Gasteiger partial charge in [0.15, 0.2) is 4.90 Å². The molecule has 0 aliphatic rings. The zero-order chi connectivity index (χ0) is 10.7. The Morgan fingerprint density at radius 3 is 2.14 bits per heavy atom. The summed E-state index contributed by atoms with van der Waals surface area (Å²) in [5, 5.41) is 8.72. The van der Waals surface area contributed by atoms with E-state index in [1.807, 2.05) is 12.1 Å². The molecule has 3 heteroatoms. The molecule has 0 saturated heterocycles. The summed E-state index contributed by atoms with van der Waals surface area (Å²) < 4.78 is 0. The van der Waals surface area contributed by atoms with Crippen molar-refractivity contribution < 1.29 is 9.90 Å². The number of carboxylic acid groups (broad SMARTS) is 1. The van der Waals surface area contributed by atoms with Crippen molar-refractivity contribution in [2.24, 2.45) is 0 Å². The molecule has 1 N–H and O–H groups in total. The van der Waals surface area contributed by atoms with Gasteiger partial charge in [-0.15, -0.1) is 0 Å². The van der Waals surface area contributed by atoms with Crippen molar-refractivity contribution in [3.05, 3.63) is 36.4 Å². The Hall–Kier alpha value is -1.22. The third-order valence-electron chi connectivity index (χ3n) is 1.93. The van der Waals surface area contributed by atoms with Gasteiger partial charge in [0.25, 0.3) is 0 Å². The van der Waals surface area contributed by atoms with Crippen molar-refractivity contribution in [1.29, 1.82) is 0 Å². The maximum atomic E-state index is 10.6. The molecule has 0 atom stereocenters. The van der Waals surface area contributed by atoms with Gasteiger partial charge in [0.05, 0.1) is 5.57 Å². The van der Waals surface area contributed by atoms with Crippen molar-refractivity contribution in [2.45, 2.75) is 4.90 Å².